The Morgan fingerprint density at radius 3 is 2.12 bits per heavy atom. The van der Waals surface area contributed by atoms with Gasteiger partial charge in [-0.25, -0.2) is 9.28 Å². The van der Waals surface area contributed by atoms with E-state index < -0.39 is 0 Å². The predicted octanol–water partition coefficient (Wildman–Crippen LogP) is 4.38. The molecule has 1 aliphatic rings. The smallest absolute Gasteiger partial charge is 0.360 e. The number of rotatable bonds is 5. The van der Waals surface area contributed by atoms with Crippen LogP contribution in [0.1, 0.15) is 12.5 Å². The first-order chi connectivity index (χ1) is 12.4. The first kappa shape index (κ1) is 18.7. The maximum atomic E-state index is 13.1. The van der Waals surface area contributed by atoms with E-state index in [4.69, 9.17) is 14.2 Å². The van der Waals surface area contributed by atoms with Crippen molar-refractivity contribution in [1.29, 1.82) is 0 Å². The van der Waals surface area contributed by atoms with Crippen molar-refractivity contribution in [1.82, 2.24) is 4.48 Å². The number of halogens is 1. The van der Waals surface area contributed by atoms with Crippen molar-refractivity contribution in [3.8, 4) is 17.2 Å². The first-order valence-electron chi connectivity index (χ1n) is 8.25. The Morgan fingerprint density at radius 2 is 1.54 bits per heavy atom. The summed E-state index contributed by atoms with van der Waals surface area (Å²) in [5.74, 6) is 2.70. The van der Waals surface area contributed by atoms with E-state index in [1.807, 2.05) is 56.4 Å². The summed E-state index contributed by atoms with van der Waals surface area (Å²) in [4.78, 5) is 13.1. The standard InChI is InChI=1S/C20H21INO4/c1-5-22(2)17-12-15(25-4)10-11-16(17)19(18(21)20(22)23)26-14-8-6-13(24-3)7-9-14/h6-12H,5H2,1-4H3/q+1. The van der Waals surface area contributed by atoms with Gasteiger partial charge in [0.15, 0.2) is 15.0 Å². The third kappa shape index (κ3) is 3.07. The topological polar surface area (TPSA) is 44.8 Å². The lowest BCUT2D eigenvalue weighted by Gasteiger charge is -2.35. The summed E-state index contributed by atoms with van der Waals surface area (Å²) >= 11 is 2.08. The minimum absolute atomic E-state index is 0.0114. The molecule has 1 atom stereocenters. The lowest BCUT2D eigenvalue weighted by molar-refractivity contribution is -0.124. The summed E-state index contributed by atoms with van der Waals surface area (Å²) in [5.41, 5.74) is 1.77. The van der Waals surface area contributed by atoms with Gasteiger partial charge in [0.05, 0.1) is 33.4 Å². The number of amides is 1. The SMILES string of the molecule is CC[N+]1(C)C(=O)C(I)=C(Oc2ccc(OC)cc2)c2ccc(OC)cc21. The monoisotopic (exact) mass is 466 g/mol. The van der Waals surface area contributed by atoms with Crippen molar-refractivity contribution >= 4 is 39.9 Å². The number of fused-ring (bicyclic) bond motifs is 1. The first-order valence-corrected chi connectivity index (χ1v) is 9.33. The molecule has 1 amide bonds. The summed E-state index contributed by atoms with van der Waals surface area (Å²) in [5, 5.41) is 0. The molecule has 1 aliphatic heterocycles. The highest BCUT2D eigenvalue weighted by Crippen LogP contribution is 2.43. The van der Waals surface area contributed by atoms with Crippen LogP contribution in [0.5, 0.6) is 17.2 Å². The average molecular weight is 466 g/mol. The molecule has 0 radical (unpaired) electrons. The zero-order valence-electron chi connectivity index (χ0n) is 15.2. The van der Waals surface area contributed by atoms with Gasteiger partial charge in [0, 0.05) is 6.07 Å². The number of methoxy groups -OCH3 is 2. The number of carbonyl (C=O) groups is 1. The molecule has 0 aromatic heterocycles. The Kier molecular flexibility index (Phi) is 5.24. The molecule has 0 saturated carbocycles. The van der Waals surface area contributed by atoms with Gasteiger partial charge in [0.2, 0.25) is 0 Å². The number of hydrogen-bond acceptors (Lipinski definition) is 4. The summed E-state index contributed by atoms with van der Waals surface area (Å²) in [6, 6.07) is 13.1. The molecule has 5 nitrogen and oxygen atoms in total. The van der Waals surface area contributed by atoms with Crippen molar-refractivity contribution < 1.29 is 19.0 Å². The Morgan fingerprint density at radius 1 is 0.962 bits per heavy atom. The molecular weight excluding hydrogens is 445 g/mol. The van der Waals surface area contributed by atoms with E-state index in [-0.39, 0.29) is 10.4 Å². The average Bonchev–Trinajstić information content (AvgIpc) is 2.69. The van der Waals surface area contributed by atoms with Crippen LogP contribution in [0.4, 0.5) is 5.69 Å². The Bertz CT molecular complexity index is 876. The molecular formula is C20H21INO4+. The summed E-state index contributed by atoms with van der Waals surface area (Å²) in [6.45, 7) is 2.64. The molecule has 136 valence electrons. The summed E-state index contributed by atoms with van der Waals surface area (Å²) < 4.78 is 17.4. The highest BCUT2D eigenvalue weighted by atomic mass is 127. The predicted molar refractivity (Wildman–Crippen MR) is 111 cm³/mol. The van der Waals surface area contributed by atoms with E-state index in [1.165, 1.54) is 0 Å². The normalized spacial score (nSPS) is 19.2. The Balaban J connectivity index is 2.11. The van der Waals surface area contributed by atoms with E-state index in [0.717, 1.165) is 22.7 Å². The number of hydrogen-bond donors (Lipinski definition) is 0. The van der Waals surface area contributed by atoms with Crippen LogP contribution in [-0.4, -0.2) is 33.7 Å². The minimum Gasteiger partial charge on any atom is -0.497 e. The van der Waals surface area contributed by atoms with Crippen molar-refractivity contribution in [3.63, 3.8) is 0 Å². The van der Waals surface area contributed by atoms with E-state index in [2.05, 4.69) is 22.6 Å². The van der Waals surface area contributed by atoms with Gasteiger partial charge in [-0.15, -0.1) is 0 Å². The van der Waals surface area contributed by atoms with Crippen LogP contribution in [0.3, 0.4) is 0 Å². The molecule has 0 fully saturated rings. The molecule has 0 N–H and O–H groups in total. The largest absolute Gasteiger partial charge is 0.497 e. The second-order valence-corrected chi connectivity index (χ2v) is 7.20. The van der Waals surface area contributed by atoms with Gasteiger partial charge in [0.1, 0.15) is 17.2 Å². The lowest BCUT2D eigenvalue weighted by atomic mass is 10.0. The van der Waals surface area contributed by atoms with Crippen LogP contribution < -0.4 is 18.7 Å². The number of quaternary nitrogens is 1. The van der Waals surface area contributed by atoms with Gasteiger partial charge in [-0.05, 0) is 65.9 Å². The molecule has 0 spiro atoms. The van der Waals surface area contributed by atoms with E-state index >= 15 is 0 Å². The summed E-state index contributed by atoms with van der Waals surface area (Å²) in [7, 11) is 5.16. The van der Waals surface area contributed by atoms with E-state index in [0.29, 0.717) is 21.6 Å². The van der Waals surface area contributed by atoms with E-state index in [9.17, 15) is 4.79 Å². The van der Waals surface area contributed by atoms with E-state index in [1.54, 1.807) is 14.2 Å². The van der Waals surface area contributed by atoms with Crippen LogP contribution in [0.25, 0.3) is 5.76 Å². The Hall–Kier alpha value is -2.06. The highest BCUT2D eigenvalue weighted by molar-refractivity contribution is 14.1. The molecule has 2 aromatic carbocycles. The number of nitrogens with zero attached hydrogens (tertiary/aromatic N) is 1. The van der Waals surface area contributed by atoms with Crippen molar-refractivity contribution in [2.45, 2.75) is 6.92 Å². The maximum absolute atomic E-state index is 13.1. The second-order valence-electron chi connectivity index (χ2n) is 6.12. The van der Waals surface area contributed by atoms with Crippen LogP contribution in [-0.2, 0) is 4.79 Å². The number of benzene rings is 2. The van der Waals surface area contributed by atoms with Crippen molar-refractivity contribution in [2.75, 3.05) is 27.8 Å². The molecule has 6 heteroatoms. The van der Waals surface area contributed by atoms with Gasteiger partial charge >= 0.3 is 5.91 Å². The molecule has 0 bridgehead atoms. The zero-order chi connectivity index (χ0) is 18.9. The molecule has 3 rings (SSSR count). The molecule has 2 aromatic rings. The van der Waals surface area contributed by atoms with Crippen LogP contribution in [0.2, 0.25) is 0 Å². The number of carbonyl (C=O) groups excluding carboxylic acids is 1. The van der Waals surface area contributed by atoms with Gasteiger partial charge in [-0.1, -0.05) is 0 Å². The molecule has 1 heterocycles. The lowest BCUT2D eigenvalue weighted by Crippen LogP contribution is -2.53. The fraction of sp³-hybridized carbons (Fsp3) is 0.250. The minimum atomic E-state index is 0.0114. The van der Waals surface area contributed by atoms with Gasteiger partial charge in [0.25, 0.3) is 0 Å². The van der Waals surface area contributed by atoms with Gasteiger partial charge < -0.3 is 14.2 Å². The van der Waals surface area contributed by atoms with Crippen molar-refractivity contribution in [3.05, 3.63) is 51.6 Å². The van der Waals surface area contributed by atoms with Crippen LogP contribution in [0, 0.1) is 0 Å². The fourth-order valence-electron chi connectivity index (χ4n) is 2.96. The highest BCUT2D eigenvalue weighted by Gasteiger charge is 2.44. The quantitative estimate of drug-likeness (QED) is 0.485. The van der Waals surface area contributed by atoms with Gasteiger partial charge in [-0.2, -0.15) is 0 Å². The maximum Gasteiger partial charge on any atom is 0.360 e. The fourth-order valence-corrected chi connectivity index (χ4v) is 3.89. The van der Waals surface area contributed by atoms with Crippen LogP contribution in [0.15, 0.2) is 46.0 Å². The zero-order valence-corrected chi connectivity index (χ0v) is 17.4. The molecule has 0 aliphatic carbocycles. The molecule has 1 unspecified atom stereocenters. The number of ether oxygens (including phenoxy) is 3. The van der Waals surface area contributed by atoms with Gasteiger partial charge in [-0.3, -0.25) is 0 Å². The molecule has 26 heavy (non-hydrogen) atoms. The van der Waals surface area contributed by atoms with Crippen LogP contribution >= 0.6 is 22.6 Å². The third-order valence-corrected chi connectivity index (χ3v) is 5.68. The number of likely N-dealkylation sites (N-methyl/N-ethyl adjacent to an activating group) is 1. The van der Waals surface area contributed by atoms with Crippen molar-refractivity contribution in [2.24, 2.45) is 0 Å². The third-order valence-electron chi connectivity index (χ3n) is 4.73. The Labute approximate surface area is 166 Å². The summed E-state index contributed by atoms with van der Waals surface area (Å²) in [6.07, 6.45) is 0. The second kappa shape index (κ2) is 7.28. The molecule has 0 saturated heterocycles.